The highest BCUT2D eigenvalue weighted by molar-refractivity contribution is 7.13. The van der Waals surface area contributed by atoms with E-state index in [2.05, 4.69) is 24.2 Å². The van der Waals surface area contributed by atoms with E-state index in [1.54, 1.807) is 11.3 Å². The van der Waals surface area contributed by atoms with Crippen LogP contribution in [0.15, 0.2) is 41.8 Å². The maximum atomic E-state index is 13.8. The summed E-state index contributed by atoms with van der Waals surface area (Å²) in [5.41, 5.74) is 2.10. The monoisotopic (exact) mass is 271 g/mol. The molecular weight excluding hydrogens is 257 g/mol. The van der Waals surface area contributed by atoms with Gasteiger partial charge in [0, 0.05) is 16.3 Å². The number of nitrogens with zero attached hydrogens (tertiary/aromatic N) is 1. The fourth-order valence-corrected chi connectivity index (χ4v) is 3.14. The van der Waals surface area contributed by atoms with E-state index in [9.17, 15) is 4.39 Å². The standard InChI is InChI=1S/C16H14FNS/c1-10(2)15-9-19-16(18-15)13-7-8-14(17)12-6-4-3-5-11(12)13/h3-10H,1-2H3. The lowest BCUT2D eigenvalue weighted by molar-refractivity contribution is 0.640. The number of thiazole rings is 1. The number of halogens is 1. The lowest BCUT2D eigenvalue weighted by atomic mass is 10.0. The van der Waals surface area contributed by atoms with E-state index in [0.717, 1.165) is 21.7 Å². The minimum Gasteiger partial charge on any atom is -0.241 e. The summed E-state index contributed by atoms with van der Waals surface area (Å²) in [6.45, 7) is 4.25. The molecule has 0 aliphatic carbocycles. The molecule has 0 fully saturated rings. The third-order valence-electron chi connectivity index (χ3n) is 3.21. The summed E-state index contributed by atoms with van der Waals surface area (Å²) in [7, 11) is 0. The largest absolute Gasteiger partial charge is 0.241 e. The van der Waals surface area contributed by atoms with Crippen molar-refractivity contribution in [2.24, 2.45) is 0 Å². The number of hydrogen-bond donors (Lipinski definition) is 0. The summed E-state index contributed by atoms with van der Waals surface area (Å²) in [4.78, 5) is 4.66. The third kappa shape index (κ3) is 2.15. The van der Waals surface area contributed by atoms with Gasteiger partial charge in [0.15, 0.2) is 0 Å². The molecule has 1 heterocycles. The molecule has 3 aromatic rings. The molecule has 0 radical (unpaired) electrons. The molecule has 3 heteroatoms. The Morgan fingerprint density at radius 2 is 1.79 bits per heavy atom. The Morgan fingerprint density at radius 3 is 2.47 bits per heavy atom. The van der Waals surface area contributed by atoms with Crippen LogP contribution in [0, 0.1) is 5.82 Å². The van der Waals surface area contributed by atoms with Gasteiger partial charge in [-0.25, -0.2) is 9.37 Å². The summed E-state index contributed by atoms with van der Waals surface area (Å²) in [5, 5.41) is 4.62. The number of fused-ring (bicyclic) bond motifs is 1. The zero-order valence-electron chi connectivity index (χ0n) is 10.9. The maximum absolute atomic E-state index is 13.8. The van der Waals surface area contributed by atoms with Gasteiger partial charge in [0.1, 0.15) is 10.8 Å². The van der Waals surface area contributed by atoms with Gasteiger partial charge >= 0.3 is 0 Å². The van der Waals surface area contributed by atoms with Gasteiger partial charge in [-0.15, -0.1) is 11.3 Å². The van der Waals surface area contributed by atoms with Crippen molar-refractivity contribution in [1.29, 1.82) is 0 Å². The number of benzene rings is 2. The van der Waals surface area contributed by atoms with Crippen LogP contribution in [0.2, 0.25) is 0 Å². The molecule has 0 spiro atoms. The van der Waals surface area contributed by atoms with Crippen LogP contribution in [0.1, 0.15) is 25.5 Å². The SMILES string of the molecule is CC(C)c1csc(-c2ccc(F)c3ccccc23)n1. The molecule has 0 saturated heterocycles. The Bertz CT molecular complexity index is 730. The molecule has 0 N–H and O–H groups in total. The molecular formula is C16H14FNS. The van der Waals surface area contributed by atoms with Crippen LogP contribution in [-0.4, -0.2) is 4.98 Å². The smallest absolute Gasteiger partial charge is 0.131 e. The summed E-state index contributed by atoms with van der Waals surface area (Å²) < 4.78 is 13.8. The van der Waals surface area contributed by atoms with Gasteiger partial charge in [-0.1, -0.05) is 38.1 Å². The highest BCUT2D eigenvalue weighted by Crippen LogP contribution is 2.33. The minimum atomic E-state index is -0.181. The molecule has 1 nitrogen and oxygen atoms in total. The van der Waals surface area contributed by atoms with Gasteiger partial charge in [0.05, 0.1) is 5.69 Å². The molecule has 96 valence electrons. The molecule has 0 bridgehead atoms. The molecule has 0 amide bonds. The van der Waals surface area contributed by atoms with Crippen molar-refractivity contribution in [1.82, 2.24) is 4.98 Å². The number of hydrogen-bond acceptors (Lipinski definition) is 2. The molecule has 2 aromatic carbocycles. The molecule has 0 aliphatic rings. The van der Waals surface area contributed by atoms with Crippen LogP contribution < -0.4 is 0 Å². The van der Waals surface area contributed by atoms with Crippen LogP contribution in [-0.2, 0) is 0 Å². The van der Waals surface area contributed by atoms with Crippen molar-refractivity contribution in [2.75, 3.05) is 0 Å². The Balaban J connectivity index is 2.22. The average Bonchev–Trinajstić information content (AvgIpc) is 2.89. The number of aromatic nitrogens is 1. The Kier molecular flexibility index (Phi) is 3.07. The predicted molar refractivity (Wildman–Crippen MR) is 79.1 cm³/mol. The molecule has 3 rings (SSSR count). The van der Waals surface area contributed by atoms with Crippen LogP contribution in [0.3, 0.4) is 0 Å². The zero-order chi connectivity index (χ0) is 13.4. The van der Waals surface area contributed by atoms with Gasteiger partial charge in [-0.05, 0) is 23.4 Å². The highest BCUT2D eigenvalue weighted by Gasteiger charge is 2.11. The predicted octanol–water partition coefficient (Wildman–Crippen LogP) is 5.23. The molecule has 19 heavy (non-hydrogen) atoms. The first kappa shape index (κ1) is 12.3. The van der Waals surface area contributed by atoms with Crippen LogP contribution in [0.4, 0.5) is 4.39 Å². The molecule has 0 atom stereocenters. The maximum Gasteiger partial charge on any atom is 0.131 e. The first-order valence-corrected chi connectivity index (χ1v) is 7.18. The van der Waals surface area contributed by atoms with Gasteiger partial charge in [0.2, 0.25) is 0 Å². The molecule has 0 aliphatic heterocycles. The Hall–Kier alpha value is -1.74. The summed E-state index contributed by atoms with van der Waals surface area (Å²) in [6, 6.07) is 10.9. The van der Waals surface area contributed by atoms with Crippen molar-refractivity contribution in [3.8, 4) is 10.6 Å². The quantitative estimate of drug-likeness (QED) is 0.622. The molecule has 0 saturated carbocycles. The fourth-order valence-electron chi connectivity index (χ4n) is 2.12. The van der Waals surface area contributed by atoms with Gasteiger partial charge in [-0.3, -0.25) is 0 Å². The second-order valence-electron chi connectivity index (χ2n) is 4.87. The highest BCUT2D eigenvalue weighted by atomic mass is 32.1. The van der Waals surface area contributed by atoms with Crippen LogP contribution >= 0.6 is 11.3 Å². The van der Waals surface area contributed by atoms with Crippen LogP contribution in [0.5, 0.6) is 0 Å². The number of rotatable bonds is 2. The fraction of sp³-hybridized carbons (Fsp3) is 0.188. The van der Waals surface area contributed by atoms with Crippen LogP contribution in [0.25, 0.3) is 21.3 Å². The van der Waals surface area contributed by atoms with E-state index in [1.807, 2.05) is 30.3 Å². The third-order valence-corrected chi connectivity index (χ3v) is 4.11. The summed E-state index contributed by atoms with van der Waals surface area (Å²) in [6.07, 6.45) is 0. The Labute approximate surface area is 115 Å². The first-order chi connectivity index (χ1) is 9.16. The van der Waals surface area contributed by atoms with Crippen molar-refractivity contribution < 1.29 is 4.39 Å². The van der Waals surface area contributed by atoms with E-state index in [-0.39, 0.29) is 5.82 Å². The van der Waals surface area contributed by atoms with E-state index < -0.39 is 0 Å². The van der Waals surface area contributed by atoms with E-state index in [1.165, 1.54) is 6.07 Å². The second kappa shape index (κ2) is 4.74. The van der Waals surface area contributed by atoms with E-state index in [4.69, 9.17) is 0 Å². The van der Waals surface area contributed by atoms with Crippen molar-refractivity contribution in [3.63, 3.8) is 0 Å². The van der Waals surface area contributed by atoms with E-state index in [0.29, 0.717) is 11.3 Å². The average molecular weight is 271 g/mol. The topological polar surface area (TPSA) is 12.9 Å². The lowest BCUT2D eigenvalue weighted by Crippen LogP contribution is -1.88. The van der Waals surface area contributed by atoms with Crippen molar-refractivity contribution >= 4 is 22.1 Å². The zero-order valence-corrected chi connectivity index (χ0v) is 11.7. The normalized spacial score (nSPS) is 11.4. The van der Waals surface area contributed by atoms with Gasteiger partial charge < -0.3 is 0 Å². The first-order valence-electron chi connectivity index (χ1n) is 6.30. The van der Waals surface area contributed by atoms with Crippen molar-refractivity contribution in [3.05, 3.63) is 53.3 Å². The molecule has 0 unspecified atom stereocenters. The van der Waals surface area contributed by atoms with Gasteiger partial charge in [0.25, 0.3) is 0 Å². The Morgan fingerprint density at radius 1 is 1.05 bits per heavy atom. The summed E-state index contributed by atoms with van der Waals surface area (Å²) >= 11 is 1.62. The van der Waals surface area contributed by atoms with Gasteiger partial charge in [-0.2, -0.15) is 0 Å². The van der Waals surface area contributed by atoms with Crippen molar-refractivity contribution in [2.45, 2.75) is 19.8 Å². The minimum absolute atomic E-state index is 0.181. The molecule has 1 aromatic heterocycles. The van der Waals surface area contributed by atoms with E-state index >= 15 is 0 Å². The second-order valence-corrected chi connectivity index (χ2v) is 5.73. The lowest BCUT2D eigenvalue weighted by Gasteiger charge is -2.05. The summed E-state index contributed by atoms with van der Waals surface area (Å²) in [5.74, 6) is 0.233.